The lowest BCUT2D eigenvalue weighted by Gasteiger charge is -2.17. The Balaban J connectivity index is 1.65. The normalized spacial score (nSPS) is 12.3. The van der Waals surface area contributed by atoms with Crippen molar-refractivity contribution in [2.75, 3.05) is 23.9 Å². The number of anilines is 2. The van der Waals surface area contributed by atoms with Gasteiger partial charge >= 0.3 is 5.97 Å². The molecule has 0 radical (unpaired) electrons. The standard InChI is InChI=1S/C24H22N2O4/c1-3-4-14-26-20-13-12-19(17-6-5-7-18(21(17)20)23(26)28)25-22(27)15-8-10-16(11-9-15)24(29)30-2/h5-13H,3-4,14H2,1-2H3,(H,25,27). The van der Waals surface area contributed by atoms with Gasteiger partial charge in [0.05, 0.1) is 18.4 Å². The third kappa shape index (κ3) is 3.30. The molecule has 1 aliphatic rings. The fourth-order valence-electron chi connectivity index (χ4n) is 3.76. The predicted molar refractivity (Wildman–Crippen MR) is 116 cm³/mol. The molecular formula is C24H22N2O4. The Labute approximate surface area is 174 Å². The Hall–Kier alpha value is -3.67. The van der Waals surface area contributed by atoms with E-state index in [1.165, 1.54) is 7.11 Å². The van der Waals surface area contributed by atoms with Crippen molar-refractivity contribution in [2.45, 2.75) is 19.8 Å². The fourth-order valence-corrected chi connectivity index (χ4v) is 3.76. The summed E-state index contributed by atoms with van der Waals surface area (Å²) in [5, 5.41) is 4.64. The molecule has 30 heavy (non-hydrogen) atoms. The van der Waals surface area contributed by atoms with Crippen LogP contribution in [0.3, 0.4) is 0 Å². The molecule has 0 atom stereocenters. The Kier molecular flexibility index (Phi) is 5.23. The molecule has 0 saturated heterocycles. The van der Waals surface area contributed by atoms with Crippen LogP contribution in [0, 0.1) is 0 Å². The van der Waals surface area contributed by atoms with Crippen molar-refractivity contribution in [3.05, 3.63) is 71.3 Å². The number of hydrogen-bond acceptors (Lipinski definition) is 4. The highest BCUT2D eigenvalue weighted by Gasteiger charge is 2.30. The van der Waals surface area contributed by atoms with Crippen molar-refractivity contribution >= 4 is 39.9 Å². The van der Waals surface area contributed by atoms with Crippen LogP contribution in [0.2, 0.25) is 0 Å². The van der Waals surface area contributed by atoms with Gasteiger partial charge < -0.3 is 15.0 Å². The molecule has 1 N–H and O–H groups in total. The van der Waals surface area contributed by atoms with Crippen molar-refractivity contribution in [3.8, 4) is 0 Å². The summed E-state index contributed by atoms with van der Waals surface area (Å²) in [5.74, 6) is -0.739. The van der Waals surface area contributed by atoms with E-state index in [1.807, 2.05) is 35.2 Å². The Morgan fingerprint density at radius 3 is 2.43 bits per heavy atom. The maximum absolute atomic E-state index is 12.9. The summed E-state index contributed by atoms with van der Waals surface area (Å²) in [7, 11) is 1.31. The SMILES string of the molecule is CCCCN1C(=O)c2cccc3c(NC(=O)c4ccc(C(=O)OC)cc4)ccc1c23. The van der Waals surface area contributed by atoms with Gasteiger partial charge in [-0.15, -0.1) is 0 Å². The van der Waals surface area contributed by atoms with Crippen LogP contribution in [0.5, 0.6) is 0 Å². The second kappa shape index (κ2) is 7.99. The van der Waals surface area contributed by atoms with Crippen LogP contribution < -0.4 is 10.2 Å². The molecule has 152 valence electrons. The number of ether oxygens (including phenoxy) is 1. The lowest BCUT2D eigenvalue weighted by atomic mass is 10.0. The molecule has 0 fully saturated rings. The average Bonchev–Trinajstić information content (AvgIpc) is 3.06. The van der Waals surface area contributed by atoms with Gasteiger partial charge in [0.2, 0.25) is 0 Å². The largest absolute Gasteiger partial charge is 0.465 e. The molecule has 0 aliphatic carbocycles. The highest BCUT2D eigenvalue weighted by Crippen LogP contribution is 2.40. The number of nitrogens with one attached hydrogen (secondary N) is 1. The second-order valence-electron chi connectivity index (χ2n) is 7.19. The minimum absolute atomic E-state index is 0.00549. The van der Waals surface area contributed by atoms with Crippen LogP contribution in [-0.2, 0) is 4.74 Å². The lowest BCUT2D eigenvalue weighted by molar-refractivity contribution is 0.0600. The molecule has 3 aromatic carbocycles. The van der Waals surface area contributed by atoms with Gasteiger partial charge in [-0.1, -0.05) is 25.5 Å². The lowest BCUT2D eigenvalue weighted by Crippen LogP contribution is -2.27. The summed E-state index contributed by atoms with van der Waals surface area (Å²) in [4.78, 5) is 39.0. The number of hydrogen-bond donors (Lipinski definition) is 1. The molecule has 0 aromatic heterocycles. The van der Waals surface area contributed by atoms with E-state index in [0.29, 0.717) is 28.9 Å². The molecule has 0 saturated carbocycles. The van der Waals surface area contributed by atoms with E-state index >= 15 is 0 Å². The highest BCUT2D eigenvalue weighted by molar-refractivity contribution is 6.27. The van der Waals surface area contributed by atoms with Crippen molar-refractivity contribution in [2.24, 2.45) is 0 Å². The van der Waals surface area contributed by atoms with Crippen LogP contribution in [0.4, 0.5) is 11.4 Å². The van der Waals surface area contributed by atoms with E-state index in [-0.39, 0.29) is 11.8 Å². The number of amides is 2. The molecule has 2 amide bonds. The first kappa shape index (κ1) is 19.6. The smallest absolute Gasteiger partial charge is 0.337 e. The summed E-state index contributed by atoms with van der Waals surface area (Å²) >= 11 is 0. The van der Waals surface area contributed by atoms with Gasteiger partial charge in [0.1, 0.15) is 0 Å². The molecule has 4 rings (SSSR count). The number of benzene rings is 3. The average molecular weight is 402 g/mol. The number of carbonyl (C=O) groups is 3. The van der Waals surface area contributed by atoms with Gasteiger partial charge in [-0.2, -0.15) is 0 Å². The van der Waals surface area contributed by atoms with Gasteiger partial charge in [0.25, 0.3) is 11.8 Å². The first-order chi connectivity index (χ1) is 14.5. The number of esters is 1. The van der Waals surface area contributed by atoms with Gasteiger partial charge in [-0.05, 0) is 48.9 Å². The number of unbranched alkanes of at least 4 members (excludes halogenated alkanes) is 1. The summed E-state index contributed by atoms with van der Waals surface area (Å²) in [5.41, 5.74) is 3.00. The maximum Gasteiger partial charge on any atom is 0.337 e. The maximum atomic E-state index is 12.9. The van der Waals surface area contributed by atoms with Crippen molar-refractivity contribution in [1.29, 1.82) is 0 Å². The molecule has 1 aliphatic heterocycles. The predicted octanol–water partition coefficient (Wildman–Crippen LogP) is 4.64. The molecule has 0 bridgehead atoms. The molecule has 3 aromatic rings. The van der Waals surface area contributed by atoms with E-state index in [0.717, 1.165) is 29.3 Å². The zero-order chi connectivity index (χ0) is 21.3. The quantitative estimate of drug-likeness (QED) is 0.610. The number of nitrogens with zero attached hydrogens (tertiary/aromatic N) is 1. The van der Waals surface area contributed by atoms with E-state index < -0.39 is 5.97 Å². The zero-order valence-electron chi connectivity index (χ0n) is 16.9. The monoisotopic (exact) mass is 402 g/mol. The first-order valence-corrected chi connectivity index (χ1v) is 9.92. The zero-order valence-corrected chi connectivity index (χ0v) is 16.9. The van der Waals surface area contributed by atoms with Crippen molar-refractivity contribution < 1.29 is 19.1 Å². The molecule has 6 nitrogen and oxygen atoms in total. The Morgan fingerprint density at radius 1 is 1.00 bits per heavy atom. The van der Waals surface area contributed by atoms with Crippen LogP contribution in [0.1, 0.15) is 50.8 Å². The third-order valence-corrected chi connectivity index (χ3v) is 5.34. The highest BCUT2D eigenvalue weighted by atomic mass is 16.5. The van der Waals surface area contributed by atoms with Gasteiger partial charge in [-0.3, -0.25) is 9.59 Å². The number of carbonyl (C=O) groups excluding carboxylic acids is 3. The van der Waals surface area contributed by atoms with Crippen molar-refractivity contribution in [3.63, 3.8) is 0 Å². The van der Waals surface area contributed by atoms with Crippen LogP contribution in [0.25, 0.3) is 10.8 Å². The third-order valence-electron chi connectivity index (χ3n) is 5.34. The molecular weight excluding hydrogens is 380 g/mol. The van der Waals surface area contributed by atoms with Gasteiger partial charge in [0, 0.05) is 34.1 Å². The van der Waals surface area contributed by atoms with Crippen molar-refractivity contribution in [1.82, 2.24) is 0 Å². The second-order valence-corrected chi connectivity index (χ2v) is 7.19. The first-order valence-electron chi connectivity index (χ1n) is 9.92. The molecule has 1 heterocycles. The summed E-state index contributed by atoms with van der Waals surface area (Å²) in [6.07, 6.45) is 1.94. The number of rotatable bonds is 6. The Morgan fingerprint density at radius 2 is 1.73 bits per heavy atom. The fraction of sp³-hybridized carbons (Fsp3) is 0.208. The van der Waals surface area contributed by atoms with E-state index in [1.54, 1.807) is 24.3 Å². The minimum Gasteiger partial charge on any atom is -0.465 e. The van der Waals surface area contributed by atoms with Crippen LogP contribution in [0.15, 0.2) is 54.6 Å². The topological polar surface area (TPSA) is 75.7 Å². The van der Waals surface area contributed by atoms with E-state index in [4.69, 9.17) is 0 Å². The Bertz CT molecular complexity index is 1150. The van der Waals surface area contributed by atoms with Gasteiger partial charge in [0.15, 0.2) is 0 Å². The van der Waals surface area contributed by atoms with Crippen LogP contribution in [-0.4, -0.2) is 31.4 Å². The van der Waals surface area contributed by atoms with E-state index in [9.17, 15) is 14.4 Å². The summed E-state index contributed by atoms with van der Waals surface area (Å²) in [6.45, 7) is 2.77. The van der Waals surface area contributed by atoms with Crippen LogP contribution >= 0.6 is 0 Å². The minimum atomic E-state index is -0.452. The number of methoxy groups -OCH3 is 1. The summed E-state index contributed by atoms with van der Waals surface area (Å²) in [6, 6.07) is 15.6. The molecule has 6 heteroatoms. The molecule has 0 unspecified atom stereocenters. The van der Waals surface area contributed by atoms with Gasteiger partial charge in [-0.25, -0.2) is 4.79 Å². The summed E-state index contributed by atoms with van der Waals surface area (Å²) < 4.78 is 4.68. The molecule has 0 spiro atoms. The van der Waals surface area contributed by atoms with E-state index in [2.05, 4.69) is 17.0 Å².